The molecule has 286 valence electrons. The van der Waals surface area contributed by atoms with Crippen molar-refractivity contribution < 1.29 is 62.3 Å². The van der Waals surface area contributed by atoms with Crippen molar-refractivity contribution in [2.24, 2.45) is 0 Å². The van der Waals surface area contributed by atoms with Crippen molar-refractivity contribution in [3.05, 3.63) is 109 Å². The van der Waals surface area contributed by atoms with Crippen molar-refractivity contribution in [2.45, 2.75) is 70.8 Å². The van der Waals surface area contributed by atoms with E-state index in [4.69, 9.17) is 28.4 Å². The summed E-state index contributed by atoms with van der Waals surface area (Å²) in [6.07, 6.45) is 8.35. The van der Waals surface area contributed by atoms with Crippen LogP contribution in [0.25, 0.3) is 0 Å². The zero-order valence-electron chi connectivity index (χ0n) is 30.0. The fourth-order valence-electron chi connectivity index (χ4n) is 4.76. The fraction of sp³-hybridized carbons (Fsp3) is 0.317. The number of carbonyl (C=O) groups excluding carboxylic acids is 6. The molecule has 0 aliphatic heterocycles. The summed E-state index contributed by atoms with van der Waals surface area (Å²) in [5, 5.41) is 9.91. The summed E-state index contributed by atoms with van der Waals surface area (Å²) in [7, 11) is 0. The van der Waals surface area contributed by atoms with Crippen LogP contribution in [0, 0.1) is 0 Å². The van der Waals surface area contributed by atoms with E-state index in [-0.39, 0.29) is 52.5 Å². The van der Waals surface area contributed by atoms with Gasteiger partial charge >= 0.3 is 35.8 Å². The Labute approximate surface area is 313 Å². The van der Waals surface area contributed by atoms with Gasteiger partial charge in [-0.3, -0.25) is 9.59 Å². The normalized spacial score (nSPS) is 10.4. The van der Waals surface area contributed by atoms with Crippen molar-refractivity contribution in [3.63, 3.8) is 0 Å². The van der Waals surface area contributed by atoms with E-state index in [0.717, 1.165) is 37.8 Å². The van der Waals surface area contributed by atoms with Crippen molar-refractivity contribution >= 4 is 35.8 Å². The predicted molar refractivity (Wildman–Crippen MR) is 195 cm³/mol. The first-order valence-corrected chi connectivity index (χ1v) is 17.5. The number of aliphatic hydroxyl groups excluding tert-OH is 1. The summed E-state index contributed by atoms with van der Waals surface area (Å²) in [6, 6.07) is 15.8. The molecule has 3 aromatic rings. The Morgan fingerprint density at radius 3 is 1.39 bits per heavy atom. The summed E-state index contributed by atoms with van der Waals surface area (Å²) in [4.78, 5) is 72.0. The van der Waals surface area contributed by atoms with Crippen molar-refractivity contribution in [1.29, 1.82) is 0 Å². The average Bonchev–Trinajstić information content (AvgIpc) is 3.17. The van der Waals surface area contributed by atoms with Gasteiger partial charge in [0.25, 0.3) is 0 Å². The maximum absolute atomic E-state index is 12.8. The highest BCUT2D eigenvalue weighted by Gasteiger charge is 2.16. The van der Waals surface area contributed by atoms with Crippen LogP contribution in [-0.4, -0.2) is 54.1 Å². The monoisotopic (exact) mass is 744 g/mol. The van der Waals surface area contributed by atoms with Gasteiger partial charge in [-0.2, -0.15) is 0 Å². The van der Waals surface area contributed by atoms with Gasteiger partial charge in [-0.25, -0.2) is 19.2 Å². The third kappa shape index (κ3) is 15.7. The average molecular weight is 745 g/mol. The fourth-order valence-corrected chi connectivity index (χ4v) is 4.76. The van der Waals surface area contributed by atoms with E-state index in [0.29, 0.717) is 38.9 Å². The van der Waals surface area contributed by atoms with Crippen LogP contribution in [0.4, 0.5) is 0 Å². The van der Waals surface area contributed by atoms with E-state index in [1.807, 2.05) is 0 Å². The molecule has 0 aromatic heterocycles. The molecule has 13 nitrogen and oxygen atoms in total. The Bertz CT molecular complexity index is 1740. The molecule has 0 atom stereocenters. The molecular formula is C41H44O13. The summed E-state index contributed by atoms with van der Waals surface area (Å²) < 4.78 is 31.4. The first-order chi connectivity index (χ1) is 26.1. The SMILES string of the molecule is C=CC(=O)OCCCCCCC(=O)Oc1ccc(C(=O)Oc2ccc(OC(=O)c3ccc(OC(=O)CCCCCCOC(=O)C=C)cc3)c(CO)c2)cc1. The lowest BCUT2D eigenvalue weighted by atomic mass is 10.1. The van der Waals surface area contributed by atoms with Gasteiger partial charge in [0, 0.05) is 30.6 Å². The largest absolute Gasteiger partial charge is 0.463 e. The Hall–Kier alpha value is -6.08. The number of carbonyl (C=O) groups is 6. The van der Waals surface area contributed by atoms with Crippen LogP contribution in [0.1, 0.15) is 90.5 Å². The lowest BCUT2D eigenvalue weighted by molar-refractivity contribution is -0.138. The van der Waals surface area contributed by atoms with Gasteiger partial charge in [-0.15, -0.1) is 0 Å². The first-order valence-electron chi connectivity index (χ1n) is 17.5. The molecule has 3 rings (SSSR count). The van der Waals surface area contributed by atoms with Crippen LogP contribution in [-0.2, 0) is 35.3 Å². The summed E-state index contributed by atoms with van der Waals surface area (Å²) in [6.45, 7) is 6.75. The topological polar surface area (TPSA) is 178 Å². The molecule has 0 amide bonds. The number of benzene rings is 3. The highest BCUT2D eigenvalue weighted by Crippen LogP contribution is 2.27. The van der Waals surface area contributed by atoms with Crippen LogP contribution >= 0.6 is 0 Å². The van der Waals surface area contributed by atoms with Crippen LogP contribution in [0.3, 0.4) is 0 Å². The molecule has 0 saturated heterocycles. The Kier molecular flexibility index (Phi) is 18.4. The molecule has 0 heterocycles. The first kappa shape index (κ1) is 42.3. The molecule has 13 heteroatoms. The van der Waals surface area contributed by atoms with Gasteiger partial charge in [0.15, 0.2) is 0 Å². The molecule has 1 N–H and O–H groups in total. The third-order valence-corrected chi connectivity index (χ3v) is 7.63. The Balaban J connectivity index is 1.41. The number of hydrogen-bond donors (Lipinski definition) is 1. The van der Waals surface area contributed by atoms with Crippen LogP contribution in [0.2, 0.25) is 0 Å². The molecule has 0 bridgehead atoms. The summed E-state index contributed by atoms with van der Waals surface area (Å²) in [5.74, 6) is -2.51. The lowest BCUT2D eigenvalue weighted by Crippen LogP contribution is -2.12. The maximum Gasteiger partial charge on any atom is 0.343 e. The molecule has 0 spiro atoms. The Morgan fingerprint density at radius 1 is 0.519 bits per heavy atom. The Morgan fingerprint density at radius 2 is 0.944 bits per heavy atom. The van der Waals surface area contributed by atoms with Gasteiger partial charge in [-0.1, -0.05) is 38.8 Å². The van der Waals surface area contributed by atoms with E-state index in [1.54, 1.807) is 0 Å². The van der Waals surface area contributed by atoms with Gasteiger partial charge in [0.2, 0.25) is 0 Å². The van der Waals surface area contributed by atoms with Gasteiger partial charge in [0.1, 0.15) is 23.0 Å². The van der Waals surface area contributed by atoms with E-state index in [1.165, 1.54) is 66.7 Å². The molecule has 0 fully saturated rings. The van der Waals surface area contributed by atoms with E-state index in [9.17, 15) is 33.9 Å². The van der Waals surface area contributed by atoms with Gasteiger partial charge in [0.05, 0.1) is 30.9 Å². The van der Waals surface area contributed by atoms with E-state index in [2.05, 4.69) is 13.2 Å². The predicted octanol–water partition coefficient (Wildman–Crippen LogP) is 6.79. The van der Waals surface area contributed by atoms with Crippen LogP contribution in [0.5, 0.6) is 23.0 Å². The number of hydrogen-bond acceptors (Lipinski definition) is 13. The number of aliphatic hydroxyl groups is 1. The number of esters is 6. The molecule has 0 aliphatic rings. The van der Waals surface area contributed by atoms with Crippen LogP contribution in [0.15, 0.2) is 92.0 Å². The number of rotatable bonds is 23. The molecule has 54 heavy (non-hydrogen) atoms. The standard InChI is InChI=1S/C41H44O13/c1-3-36(43)49-25-11-7-5-9-13-38(45)51-32-19-15-29(16-20-32)40(47)53-34-23-24-35(31(27-34)28-42)54-41(48)30-17-21-33(22-18-30)52-39(46)14-10-6-8-12-26-50-37(44)4-2/h3-4,15-24,27,42H,1-2,5-14,25-26,28H2. The highest BCUT2D eigenvalue weighted by atomic mass is 16.6. The second-order valence-electron chi connectivity index (χ2n) is 11.8. The minimum Gasteiger partial charge on any atom is -0.463 e. The van der Waals surface area contributed by atoms with Crippen molar-refractivity contribution in [1.82, 2.24) is 0 Å². The highest BCUT2D eigenvalue weighted by molar-refractivity contribution is 5.92. The quantitative estimate of drug-likeness (QED) is 0.0465. The van der Waals surface area contributed by atoms with Gasteiger partial charge in [-0.05, 0) is 92.4 Å². The maximum atomic E-state index is 12.8. The molecule has 0 unspecified atom stereocenters. The zero-order chi connectivity index (χ0) is 39.1. The summed E-state index contributed by atoms with van der Waals surface area (Å²) in [5.41, 5.74) is 0.541. The zero-order valence-corrected chi connectivity index (χ0v) is 30.0. The minimum atomic E-state index is -0.726. The molecule has 3 aromatic carbocycles. The second kappa shape index (κ2) is 23.5. The number of ether oxygens (including phenoxy) is 6. The van der Waals surface area contributed by atoms with Gasteiger partial charge < -0.3 is 33.5 Å². The second-order valence-corrected chi connectivity index (χ2v) is 11.8. The van der Waals surface area contributed by atoms with E-state index >= 15 is 0 Å². The minimum absolute atomic E-state index is 0.0527. The number of unbranched alkanes of at least 4 members (excludes halogenated alkanes) is 6. The van der Waals surface area contributed by atoms with Crippen molar-refractivity contribution in [2.75, 3.05) is 13.2 Å². The third-order valence-electron chi connectivity index (χ3n) is 7.63. The smallest absolute Gasteiger partial charge is 0.343 e. The molecule has 0 aliphatic carbocycles. The lowest BCUT2D eigenvalue weighted by Gasteiger charge is -2.11. The van der Waals surface area contributed by atoms with E-state index < -0.39 is 42.4 Å². The molecular weight excluding hydrogens is 700 g/mol. The van der Waals surface area contributed by atoms with Crippen LogP contribution < -0.4 is 18.9 Å². The summed E-state index contributed by atoms with van der Waals surface area (Å²) >= 11 is 0. The van der Waals surface area contributed by atoms with Crippen molar-refractivity contribution in [3.8, 4) is 23.0 Å². The molecule has 0 radical (unpaired) electrons. The molecule has 0 saturated carbocycles.